The van der Waals surface area contributed by atoms with Crippen LogP contribution in [0.4, 0.5) is 0 Å². The number of allylic oxidation sites excluding steroid dienone is 8. The summed E-state index contributed by atoms with van der Waals surface area (Å²) in [7, 11) is 0. The maximum absolute atomic E-state index is 11.2. The van der Waals surface area contributed by atoms with E-state index in [-0.39, 0.29) is 5.78 Å². The Bertz CT molecular complexity index is 436. The highest BCUT2D eigenvalue weighted by molar-refractivity contribution is 5.94. The minimum atomic E-state index is -0.459. The summed E-state index contributed by atoms with van der Waals surface area (Å²) in [5, 5.41) is 7.20. The quantitative estimate of drug-likeness (QED) is 0.532. The second kappa shape index (κ2) is 8.18. The first kappa shape index (κ1) is 16.0. The average molecular weight is 243 g/mol. The highest BCUT2D eigenvalue weighted by Crippen LogP contribution is 2.14. The van der Waals surface area contributed by atoms with Crippen LogP contribution in [-0.4, -0.2) is 12.0 Å². The standard InChI is InChI=1S/C16H21NO/c1-6-7-8-12(2)9-13(3)14(4)10-16(11-17)15(5)18/h6-11,16-17H,1,3H2,2,4-5H3/b8-7-,12-9-,14-10+,17-11?. The third-order valence-corrected chi connectivity index (χ3v) is 2.48. The van der Waals surface area contributed by atoms with Gasteiger partial charge in [0, 0.05) is 6.21 Å². The fraction of sp³-hybridized carbons (Fsp3) is 0.250. The molecule has 0 rings (SSSR count). The third-order valence-electron chi connectivity index (χ3n) is 2.48. The highest BCUT2D eigenvalue weighted by Gasteiger charge is 2.08. The molecule has 0 aromatic rings. The molecular formula is C16H21NO. The SMILES string of the molecule is C=C/C=C\C(C)=C/C(=C)/C(C)=C/C(C=N)C(C)=O. The number of nitrogens with one attached hydrogen (secondary N) is 1. The van der Waals surface area contributed by atoms with Crippen molar-refractivity contribution in [1.82, 2.24) is 0 Å². The summed E-state index contributed by atoms with van der Waals surface area (Å²) in [5.74, 6) is -0.497. The van der Waals surface area contributed by atoms with Crippen LogP contribution in [0.2, 0.25) is 0 Å². The van der Waals surface area contributed by atoms with Gasteiger partial charge in [0.2, 0.25) is 0 Å². The third kappa shape index (κ3) is 5.94. The van der Waals surface area contributed by atoms with Crippen molar-refractivity contribution >= 4 is 12.0 Å². The van der Waals surface area contributed by atoms with Crippen LogP contribution in [0.25, 0.3) is 0 Å². The van der Waals surface area contributed by atoms with Gasteiger partial charge in [0.05, 0.1) is 5.92 Å². The van der Waals surface area contributed by atoms with Gasteiger partial charge in [-0.05, 0) is 31.9 Å². The largest absolute Gasteiger partial charge is 0.312 e. The molecule has 1 unspecified atom stereocenters. The molecular weight excluding hydrogens is 222 g/mol. The van der Waals surface area contributed by atoms with Gasteiger partial charge in [-0.2, -0.15) is 0 Å². The zero-order valence-corrected chi connectivity index (χ0v) is 11.4. The molecule has 0 aromatic heterocycles. The van der Waals surface area contributed by atoms with E-state index in [0.717, 1.165) is 22.9 Å². The molecule has 0 amide bonds. The highest BCUT2D eigenvalue weighted by atomic mass is 16.1. The molecule has 96 valence electrons. The summed E-state index contributed by atoms with van der Waals surface area (Å²) >= 11 is 0. The summed E-state index contributed by atoms with van der Waals surface area (Å²) in [6, 6.07) is 0. The van der Waals surface area contributed by atoms with E-state index >= 15 is 0 Å². The summed E-state index contributed by atoms with van der Waals surface area (Å²) in [6.45, 7) is 12.9. The van der Waals surface area contributed by atoms with Gasteiger partial charge in [0.15, 0.2) is 0 Å². The van der Waals surface area contributed by atoms with E-state index < -0.39 is 5.92 Å². The van der Waals surface area contributed by atoms with Crippen LogP contribution in [0.3, 0.4) is 0 Å². The molecule has 18 heavy (non-hydrogen) atoms. The second-order valence-corrected chi connectivity index (χ2v) is 4.16. The van der Waals surface area contributed by atoms with E-state index in [2.05, 4.69) is 13.2 Å². The van der Waals surface area contributed by atoms with Crippen LogP contribution < -0.4 is 0 Å². The number of Topliss-reactive ketones (excluding diaryl/α,β-unsaturated/α-hetero) is 1. The zero-order chi connectivity index (χ0) is 14.1. The Morgan fingerprint density at radius 1 is 1.28 bits per heavy atom. The van der Waals surface area contributed by atoms with Gasteiger partial charge in [-0.3, -0.25) is 4.79 Å². The smallest absolute Gasteiger partial charge is 0.141 e. The summed E-state index contributed by atoms with van der Waals surface area (Å²) < 4.78 is 0. The van der Waals surface area contributed by atoms with Crippen LogP contribution in [-0.2, 0) is 4.79 Å². The van der Waals surface area contributed by atoms with Gasteiger partial charge in [0.1, 0.15) is 5.78 Å². The van der Waals surface area contributed by atoms with Gasteiger partial charge in [-0.1, -0.05) is 49.1 Å². The Hall–Kier alpha value is -1.96. The Morgan fingerprint density at radius 3 is 2.33 bits per heavy atom. The summed E-state index contributed by atoms with van der Waals surface area (Å²) in [5.41, 5.74) is 2.81. The van der Waals surface area contributed by atoms with Gasteiger partial charge in [0.25, 0.3) is 0 Å². The lowest BCUT2D eigenvalue weighted by molar-refractivity contribution is -0.117. The zero-order valence-electron chi connectivity index (χ0n) is 11.4. The number of hydrogen-bond donors (Lipinski definition) is 1. The first-order valence-corrected chi connectivity index (χ1v) is 5.78. The Balaban J connectivity index is 4.94. The fourth-order valence-corrected chi connectivity index (χ4v) is 1.32. The predicted octanol–water partition coefficient (Wildman–Crippen LogP) is 4.03. The molecule has 2 nitrogen and oxygen atoms in total. The number of ketones is 1. The lowest BCUT2D eigenvalue weighted by atomic mass is 9.99. The van der Waals surface area contributed by atoms with Crippen molar-refractivity contribution < 1.29 is 4.79 Å². The van der Waals surface area contributed by atoms with Crippen molar-refractivity contribution in [3.8, 4) is 0 Å². The van der Waals surface area contributed by atoms with Crippen LogP contribution in [0.5, 0.6) is 0 Å². The van der Waals surface area contributed by atoms with Crippen molar-refractivity contribution in [3.63, 3.8) is 0 Å². The Kier molecular flexibility index (Phi) is 7.29. The van der Waals surface area contributed by atoms with E-state index in [4.69, 9.17) is 5.41 Å². The lowest BCUT2D eigenvalue weighted by Crippen LogP contribution is -2.09. The van der Waals surface area contributed by atoms with Gasteiger partial charge < -0.3 is 5.41 Å². The van der Waals surface area contributed by atoms with E-state index in [0.29, 0.717) is 0 Å². The first-order valence-electron chi connectivity index (χ1n) is 5.78. The van der Waals surface area contributed by atoms with Crippen molar-refractivity contribution in [2.75, 3.05) is 0 Å². The van der Waals surface area contributed by atoms with Gasteiger partial charge in [-0.15, -0.1) is 0 Å². The molecule has 0 aromatic carbocycles. The normalized spacial score (nSPS) is 14.4. The Labute approximate surface area is 110 Å². The van der Waals surface area contributed by atoms with Crippen LogP contribution in [0.15, 0.2) is 60.3 Å². The number of hydrogen-bond acceptors (Lipinski definition) is 2. The maximum atomic E-state index is 11.2. The van der Waals surface area contributed by atoms with Crippen molar-refractivity contribution in [1.29, 1.82) is 5.41 Å². The number of carbonyl (C=O) groups is 1. The molecule has 0 aliphatic carbocycles. The minimum absolute atomic E-state index is 0.0376. The lowest BCUT2D eigenvalue weighted by Gasteiger charge is -2.06. The molecule has 1 N–H and O–H groups in total. The predicted molar refractivity (Wildman–Crippen MR) is 78.9 cm³/mol. The van der Waals surface area contributed by atoms with Crippen molar-refractivity contribution in [3.05, 3.63) is 60.3 Å². The molecule has 0 heterocycles. The molecule has 2 heteroatoms. The summed E-state index contributed by atoms with van der Waals surface area (Å²) in [6.07, 6.45) is 10.3. The molecule has 0 saturated heterocycles. The van der Waals surface area contributed by atoms with Crippen LogP contribution in [0.1, 0.15) is 20.8 Å². The fourth-order valence-electron chi connectivity index (χ4n) is 1.32. The van der Waals surface area contributed by atoms with E-state index in [1.807, 2.05) is 32.1 Å². The van der Waals surface area contributed by atoms with Crippen molar-refractivity contribution in [2.45, 2.75) is 20.8 Å². The van der Waals surface area contributed by atoms with Gasteiger partial charge in [-0.25, -0.2) is 0 Å². The van der Waals surface area contributed by atoms with Gasteiger partial charge >= 0.3 is 0 Å². The monoisotopic (exact) mass is 243 g/mol. The summed E-state index contributed by atoms with van der Waals surface area (Å²) in [4.78, 5) is 11.2. The second-order valence-electron chi connectivity index (χ2n) is 4.16. The van der Waals surface area contributed by atoms with E-state index in [9.17, 15) is 4.79 Å². The molecule has 0 radical (unpaired) electrons. The first-order chi connectivity index (χ1) is 8.42. The number of rotatable bonds is 7. The molecule has 0 aliphatic heterocycles. The van der Waals surface area contributed by atoms with Crippen LogP contribution in [0, 0.1) is 11.3 Å². The van der Waals surface area contributed by atoms with E-state index in [1.54, 1.807) is 12.2 Å². The molecule has 0 fully saturated rings. The molecule has 0 bridgehead atoms. The maximum Gasteiger partial charge on any atom is 0.141 e. The van der Waals surface area contributed by atoms with E-state index in [1.165, 1.54) is 6.92 Å². The van der Waals surface area contributed by atoms with Crippen molar-refractivity contribution in [2.24, 2.45) is 5.92 Å². The van der Waals surface area contributed by atoms with Crippen LogP contribution >= 0.6 is 0 Å². The Morgan fingerprint density at radius 2 is 1.89 bits per heavy atom. The topological polar surface area (TPSA) is 40.9 Å². The molecule has 0 aliphatic rings. The number of carbonyl (C=O) groups excluding carboxylic acids is 1. The average Bonchev–Trinajstić information content (AvgIpc) is 2.32. The minimum Gasteiger partial charge on any atom is -0.312 e. The molecule has 0 spiro atoms. The molecule has 1 atom stereocenters. The molecule has 0 saturated carbocycles.